The van der Waals surface area contributed by atoms with Crippen LogP contribution in [0, 0.1) is 0 Å². The number of aliphatic hydroxyl groups is 2. The van der Waals surface area contributed by atoms with Gasteiger partial charge in [-0.1, -0.05) is 29.3 Å². The lowest BCUT2D eigenvalue weighted by Crippen LogP contribution is -2.38. The van der Waals surface area contributed by atoms with Gasteiger partial charge in [-0.25, -0.2) is 4.79 Å². The van der Waals surface area contributed by atoms with E-state index in [4.69, 9.17) is 27.9 Å². The van der Waals surface area contributed by atoms with Gasteiger partial charge in [0.2, 0.25) is 0 Å². The molecule has 140 valence electrons. The van der Waals surface area contributed by atoms with Gasteiger partial charge in [0, 0.05) is 41.0 Å². The van der Waals surface area contributed by atoms with Crippen molar-refractivity contribution in [3.8, 4) is 0 Å². The molecule has 0 unspecified atom stereocenters. The fourth-order valence-electron chi connectivity index (χ4n) is 2.80. The molecule has 0 spiro atoms. The van der Waals surface area contributed by atoms with E-state index < -0.39 is 35.8 Å². The van der Waals surface area contributed by atoms with Crippen molar-refractivity contribution in [2.75, 3.05) is 6.54 Å². The topological polar surface area (TPSA) is 117 Å². The second kappa shape index (κ2) is 7.91. The van der Waals surface area contributed by atoms with Crippen molar-refractivity contribution >= 4 is 23.2 Å². The van der Waals surface area contributed by atoms with Gasteiger partial charge in [-0.2, -0.15) is 0 Å². The Morgan fingerprint density at radius 3 is 2.50 bits per heavy atom. The van der Waals surface area contributed by atoms with Crippen LogP contribution >= 0.6 is 23.2 Å². The molecule has 1 aromatic heterocycles. The Kier molecular flexibility index (Phi) is 5.81. The highest BCUT2D eigenvalue weighted by atomic mass is 35.5. The van der Waals surface area contributed by atoms with Crippen molar-refractivity contribution in [2.45, 2.75) is 31.1 Å². The number of H-pyrrole nitrogens is 1. The smallest absolute Gasteiger partial charge is 0.330 e. The molecule has 0 radical (unpaired) electrons. The van der Waals surface area contributed by atoms with Crippen molar-refractivity contribution in [1.82, 2.24) is 14.9 Å². The maximum atomic E-state index is 11.8. The highest BCUT2D eigenvalue weighted by molar-refractivity contribution is 6.35. The number of benzene rings is 1. The van der Waals surface area contributed by atoms with Crippen molar-refractivity contribution in [1.29, 1.82) is 0 Å². The third kappa shape index (κ3) is 3.85. The van der Waals surface area contributed by atoms with Gasteiger partial charge in [0.1, 0.15) is 18.3 Å². The first-order valence-corrected chi connectivity index (χ1v) is 8.60. The minimum absolute atomic E-state index is 0.189. The lowest BCUT2D eigenvalue weighted by Gasteiger charge is -2.17. The summed E-state index contributed by atoms with van der Waals surface area (Å²) in [4.78, 5) is 25.1. The predicted molar refractivity (Wildman–Crippen MR) is 95.4 cm³/mol. The van der Waals surface area contributed by atoms with E-state index in [9.17, 15) is 19.8 Å². The standard InChI is InChI=1S/C16H17Cl2N3O5/c17-9-2-1-3-10(18)8(9)6-19-7-11-13(23)14(24)15(26-11)21-5-4-12(22)20-16(21)25/h1-5,11,13-15,19,23-24H,6-7H2,(H,20,22,25)/t11-,13-,14-,15-/m1/s1. The van der Waals surface area contributed by atoms with Crippen LogP contribution in [0.1, 0.15) is 11.8 Å². The molecule has 4 atom stereocenters. The number of aromatic nitrogens is 2. The molecule has 2 heterocycles. The summed E-state index contributed by atoms with van der Waals surface area (Å²) in [5.41, 5.74) is -0.586. The summed E-state index contributed by atoms with van der Waals surface area (Å²) in [6, 6.07) is 6.30. The largest absolute Gasteiger partial charge is 0.387 e. The molecule has 1 aromatic carbocycles. The molecular formula is C16H17Cl2N3O5. The van der Waals surface area contributed by atoms with Crippen molar-refractivity contribution < 1.29 is 14.9 Å². The molecule has 26 heavy (non-hydrogen) atoms. The molecule has 1 fully saturated rings. The molecule has 8 nitrogen and oxygen atoms in total. The Morgan fingerprint density at radius 1 is 1.15 bits per heavy atom. The number of aromatic amines is 1. The van der Waals surface area contributed by atoms with E-state index in [-0.39, 0.29) is 6.54 Å². The van der Waals surface area contributed by atoms with Gasteiger partial charge in [-0.15, -0.1) is 0 Å². The normalized spacial score (nSPS) is 25.5. The van der Waals surface area contributed by atoms with Crippen LogP contribution in [-0.4, -0.2) is 44.6 Å². The molecule has 0 bridgehead atoms. The van der Waals surface area contributed by atoms with Crippen LogP contribution in [0.25, 0.3) is 0 Å². The van der Waals surface area contributed by atoms with Gasteiger partial charge in [0.15, 0.2) is 6.23 Å². The summed E-state index contributed by atoms with van der Waals surface area (Å²) in [7, 11) is 0. The Hall–Kier alpha value is -1.68. The number of hydrogen-bond donors (Lipinski definition) is 4. The predicted octanol–water partition coefficient (Wildman–Crippen LogP) is 0.252. The van der Waals surface area contributed by atoms with Crippen LogP contribution in [0.5, 0.6) is 0 Å². The van der Waals surface area contributed by atoms with Crippen molar-refractivity contribution in [3.63, 3.8) is 0 Å². The summed E-state index contributed by atoms with van der Waals surface area (Å²) in [6.45, 7) is 0.527. The fourth-order valence-corrected chi connectivity index (χ4v) is 3.33. The number of ether oxygens (including phenoxy) is 1. The van der Waals surface area contributed by atoms with Crippen LogP contribution < -0.4 is 16.6 Å². The van der Waals surface area contributed by atoms with E-state index in [0.29, 0.717) is 22.2 Å². The van der Waals surface area contributed by atoms with E-state index >= 15 is 0 Å². The molecule has 1 aliphatic heterocycles. The van der Waals surface area contributed by atoms with E-state index in [2.05, 4.69) is 10.3 Å². The zero-order valence-corrected chi connectivity index (χ0v) is 14.9. The van der Waals surface area contributed by atoms with E-state index in [0.717, 1.165) is 10.6 Å². The molecule has 3 rings (SSSR count). The molecule has 0 saturated carbocycles. The zero-order valence-electron chi connectivity index (χ0n) is 13.4. The summed E-state index contributed by atoms with van der Waals surface area (Å²) in [5.74, 6) is 0. The van der Waals surface area contributed by atoms with Gasteiger partial charge in [0.25, 0.3) is 5.56 Å². The summed E-state index contributed by atoms with van der Waals surface area (Å²) in [6.07, 6.45) is -3.20. The number of aliphatic hydroxyl groups excluding tert-OH is 2. The average Bonchev–Trinajstić information content (AvgIpc) is 2.86. The van der Waals surface area contributed by atoms with Crippen LogP contribution in [0.3, 0.4) is 0 Å². The molecule has 4 N–H and O–H groups in total. The van der Waals surface area contributed by atoms with Crippen LogP contribution in [0.15, 0.2) is 40.1 Å². The number of rotatable bonds is 5. The molecule has 0 amide bonds. The number of hydrogen-bond acceptors (Lipinski definition) is 6. The highest BCUT2D eigenvalue weighted by Crippen LogP contribution is 2.28. The van der Waals surface area contributed by atoms with Gasteiger partial charge >= 0.3 is 5.69 Å². The van der Waals surface area contributed by atoms with Gasteiger partial charge in [-0.05, 0) is 12.1 Å². The first kappa shape index (κ1) is 19.1. The van der Waals surface area contributed by atoms with Gasteiger partial charge in [-0.3, -0.25) is 14.3 Å². The Labute approximate surface area is 158 Å². The maximum absolute atomic E-state index is 11.8. The zero-order chi connectivity index (χ0) is 18.8. The number of nitrogens with one attached hydrogen (secondary N) is 2. The quantitative estimate of drug-likeness (QED) is 0.570. The lowest BCUT2D eigenvalue weighted by molar-refractivity contribution is -0.0392. The van der Waals surface area contributed by atoms with E-state index in [1.807, 2.05) is 0 Å². The highest BCUT2D eigenvalue weighted by Gasteiger charge is 2.43. The fraction of sp³-hybridized carbons (Fsp3) is 0.375. The minimum Gasteiger partial charge on any atom is -0.387 e. The molecule has 10 heteroatoms. The van der Waals surface area contributed by atoms with Crippen molar-refractivity contribution in [2.24, 2.45) is 0 Å². The van der Waals surface area contributed by atoms with Gasteiger partial charge < -0.3 is 20.3 Å². The Morgan fingerprint density at radius 2 is 1.85 bits per heavy atom. The molecule has 1 saturated heterocycles. The molecule has 1 aliphatic rings. The summed E-state index contributed by atoms with van der Waals surface area (Å²) >= 11 is 12.2. The van der Waals surface area contributed by atoms with E-state index in [1.54, 1.807) is 18.2 Å². The lowest BCUT2D eigenvalue weighted by atomic mass is 10.1. The second-order valence-electron chi connectivity index (χ2n) is 5.89. The Bertz CT molecular complexity index is 880. The Balaban J connectivity index is 1.66. The first-order valence-electron chi connectivity index (χ1n) is 7.85. The second-order valence-corrected chi connectivity index (χ2v) is 6.71. The van der Waals surface area contributed by atoms with E-state index in [1.165, 1.54) is 6.20 Å². The van der Waals surface area contributed by atoms with Gasteiger partial charge in [0.05, 0.1) is 0 Å². The minimum atomic E-state index is -1.32. The summed E-state index contributed by atoms with van der Waals surface area (Å²) in [5, 5.41) is 24.5. The first-order chi connectivity index (χ1) is 12.4. The maximum Gasteiger partial charge on any atom is 0.330 e. The summed E-state index contributed by atoms with van der Waals surface area (Å²) < 4.78 is 6.63. The number of nitrogens with zero attached hydrogens (tertiary/aromatic N) is 1. The monoisotopic (exact) mass is 401 g/mol. The third-order valence-electron chi connectivity index (χ3n) is 4.17. The molecule has 2 aromatic rings. The molecular weight excluding hydrogens is 385 g/mol. The van der Waals surface area contributed by atoms with Crippen LogP contribution in [-0.2, 0) is 11.3 Å². The van der Waals surface area contributed by atoms with Crippen LogP contribution in [0.2, 0.25) is 10.0 Å². The SMILES string of the molecule is O=c1ccn([C@@H]2O[C@H](CNCc3c(Cl)cccc3Cl)[C@@H](O)[C@H]2O)c(=O)[nH]1. The molecule has 0 aliphatic carbocycles. The number of halogens is 2. The third-order valence-corrected chi connectivity index (χ3v) is 4.88. The van der Waals surface area contributed by atoms with Crippen LogP contribution in [0.4, 0.5) is 0 Å². The average molecular weight is 402 g/mol. The van der Waals surface area contributed by atoms with Crippen molar-refractivity contribution in [3.05, 3.63) is 66.9 Å².